The van der Waals surface area contributed by atoms with Crippen molar-refractivity contribution in [2.75, 3.05) is 13.1 Å². The first kappa shape index (κ1) is 7.58. The summed E-state index contributed by atoms with van der Waals surface area (Å²) in [6.45, 7) is 5.59. The Labute approximate surface area is 62.2 Å². The fraction of sp³-hybridized carbons (Fsp3) is 0.750. The van der Waals surface area contributed by atoms with Crippen molar-refractivity contribution in [3.63, 3.8) is 0 Å². The molecule has 0 aliphatic carbocycles. The van der Waals surface area contributed by atoms with Crippen LogP contribution in [0.4, 0.5) is 0 Å². The van der Waals surface area contributed by atoms with Crippen LogP contribution >= 0.6 is 0 Å². The molecule has 1 amide bonds. The highest BCUT2D eigenvalue weighted by Crippen LogP contribution is 2.17. The quantitative estimate of drug-likeness (QED) is 0.533. The molecule has 0 spiro atoms. The number of amides is 1. The topological polar surface area (TPSA) is 20.3 Å². The molecule has 1 fully saturated rings. The van der Waals surface area contributed by atoms with Crippen LogP contribution in [0.5, 0.6) is 0 Å². The van der Waals surface area contributed by atoms with Gasteiger partial charge in [0.15, 0.2) is 0 Å². The van der Waals surface area contributed by atoms with Crippen LogP contribution in [0.15, 0.2) is 0 Å². The molecule has 0 saturated carbocycles. The number of carbonyl (C=O) groups is 1. The molecular weight excluding hydrogens is 126 g/mol. The van der Waals surface area contributed by atoms with Crippen molar-refractivity contribution < 1.29 is 4.79 Å². The lowest BCUT2D eigenvalue weighted by Crippen LogP contribution is -2.25. The van der Waals surface area contributed by atoms with Crippen LogP contribution in [0.2, 0.25) is 0 Å². The van der Waals surface area contributed by atoms with E-state index in [4.69, 9.17) is 0 Å². The molecule has 1 saturated heterocycles. The maximum absolute atomic E-state index is 10.8. The summed E-state index contributed by atoms with van der Waals surface area (Å²) in [6.07, 6.45) is 3.33. The lowest BCUT2D eigenvalue weighted by Gasteiger charge is -2.12. The average Bonchev–Trinajstić information content (AvgIpc) is 2.34. The van der Waals surface area contributed by atoms with Gasteiger partial charge in [-0.3, -0.25) is 4.79 Å². The Bertz CT molecular complexity index is 133. The minimum atomic E-state index is 0.212. The third-order valence-corrected chi connectivity index (χ3v) is 2.14. The molecule has 1 aliphatic heterocycles. The molecule has 2 heteroatoms. The molecular formula is C8H14NO. The molecule has 0 aromatic carbocycles. The minimum absolute atomic E-state index is 0.212. The molecule has 57 valence electrons. The van der Waals surface area contributed by atoms with Gasteiger partial charge < -0.3 is 4.90 Å². The van der Waals surface area contributed by atoms with Crippen molar-refractivity contribution in [2.24, 2.45) is 5.92 Å². The number of rotatable bonds is 1. The van der Waals surface area contributed by atoms with E-state index in [1.54, 1.807) is 6.92 Å². The Morgan fingerprint density at radius 3 is 2.70 bits per heavy atom. The summed E-state index contributed by atoms with van der Waals surface area (Å²) < 4.78 is 0. The zero-order valence-corrected chi connectivity index (χ0v) is 6.63. The molecule has 10 heavy (non-hydrogen) atoms. The summed E-state index contributed by atoms with van der Waals surface area (Å²) in [5, 5.41) is 0. The summed E-state index contributed by atoms with van der Waals surface area (Å²) in [6, 6.07) is 0. The first-order valence-corrected chi connectivity index (χ1v) is 3.79. The van der Waals surface area contributed by atoms with Crippen LogP contribution < -0.4 is 0 Å². The maximum Gasteiger partial charge on any atom is 0.219 e. The van der Waals surface area contributed by atoms with Gasteiger partial charge in [-0.2, -0.15) is 0 Å². The number of carbonyl (C=O) groups excluding carboxylic acids is 1. The standard InChI is InChI=1S/C8H14NO/c1-3-8-4-5-9(6-8)7(2)10/h3,8H,4-6H2,1-2H3. The Morgan fingerprint density at radius 1 is 1.70 bits per heavy atom. The maximum atomic E-state index is 10.8. The van der Waals surface area contributed by atoms with Crippen LogP contribution in [0, 0.1) is 12.3 Å². The van der Waals surface area contributed by atoms with Crippen LogP contribution in [-0.4, -0.2) is 23.9 Å². The van der Waals surface area contributed by atoms with Crippen molar-refractivity contribution in [3.05, 3.63) is 6.42 Å². The van der Waals surface area contributed by atoms with Gasteiger partial charge in [0.25, 0.3) is 0 Å². The summed E-state index contributed by atoms with van der Waals surface area (Å²) >= 11 is 0. The Morgan fingerprint density at radius 2 is 2.40 bits per heavy atom. The predicted octanol–water partition coefficient (Wildman–Crippen LogP) is 1.08. The van der Waals surface area contributed by atoms with Crippen molar-refractivity contribution in [2.45, 2.75) is 20.3 Å². The molecule has 0 aromatic rings. The van der Waals surface area contributed by atoms with Crippen molar-refractivity contribution in [1.29, 1.82) is 0 Å². The van der Waals surface area contributed by atoms with Gasteiger partial charge in [-0.25, -0.2) is 0 Å². The first-order chi connectivity index (χ1) is 4.74. The van der Waals surface area contributed by atoms with E-state index in [-0.39, 0.29) is 5.91 Å². The van der Waals surface area contributed by atoms with E-state index < -0.39 is 0 Å². The SMILES string of the molecule is C[CH]C1CCN(C(C)=O)C1. The molecule has 1 aliphatic rings. The number of hydrogen-bond acceptors (Lipinski definition) is 1. The monoisotopic (exact) mass is 140 g/mol. The first-order valence-electron chi connectivity index (χ1n) is 3.79. The van der Waals surface area contributed by atoms with E-state index in [1.807, 2.05) is 4.90 Å². The third kappa shape index (κ3) is 1.49. The van der Waals surface area contributed by atoms with E-state index in [1.165, 1.54) is 0 Å². The lowest BCUT2D eigenvalue weighted by atomic mass is 10.1. The summed E-state index contributed by atoms with van der Waals surface area (Å²) in [5.41, 5.74) is 0. The van der Waals surface area contributed by atoms with Crippen LogP contribution in [0.3, 0.4) is 0 Å². The molecule has 1 atom stereocenters. The van der Waals surface area contributed by atoms with Gasteiger partial charge >= 0.3 is 0 Å². The van der Waals surface area contributed by atoms with E-state index in [0.29, 0.717) is 5.92 Å². The zero-order valence-electron chi connectivity index (χ0n) is 6.63. The van der Waals surface area contributed by atoms with Crippen molar-refractivity contribution in [3.8, 4) is 0 Å². The van der Waals surface area contributed by atoms with Crippen molar-refractivity contribution in [1.82, 2.24) is 4.90 Å². The predicted molar refractivity (Wildman–Crippen MR) is 40.3 cm³/mol. The Balaban J connectivity index is 2.35. The minimum Gasteiger partial charge on any atom is -0.343 e. The van der Waals surface area contributed by atoms with Crippen molar-refractivity contribution >= 4 is 5.91 Å². The lowest BCUT2D eigenvalue weighted by molar-refractivity contribution is -0.127. The van der Waals surface area contributed by atoms with Crippen LogP contribution in [0.25, 0.3) is 0 Å². The highest BCUT2D eigenvalue weighted by Gasteiger charge is 2.22. The molecule has 1 radical (unpaired) electrons. The van der Waals surface area contributed by atoms with Gasteiger partial charge in [0.2, 0.25) is 5.91 Å². The summed E-state index contributed by atoms with van der Waals surface area (Å²) in [7, 11) is 0. The molecule has 0 aromatic heterocycles. The van der Waals surface area contributed by atoms with Gasteiger partial charge in [-0.1, -0.05) is 6.92 Å². The van der Waals surface area contributed by atoms with E-state index >= 15 is 0 Å². The van der Waals surface area contributed by atoms with E-state index in [2.05, 4.69) is 13.3 Å². The fourth-order valence-corrected chi connectivity index (χ4v) is 1.35. The molecule has 1 unspecified atom stereocenters. The molecule has 1 rings (SSSR count). The number of nitrogens with zero attached hydrogens (tertiary/aromatic N) is 1. The second-order valence-electron chi connectivity index (χ2n) is 2.85. The largest absolute Gasteiger partial charge is 0.343 e. The second-order valence-corrected chi connectivity index (χ2v) is 2.85. The van der Waals surface area contributed by atoms with Gasteiger partial charge in [0.1, 0.15) is 0 Å². The fourth-order valence-electron chi connectivity index (χ4n) is 1.35. The van der Waals surface area contributed by atoms with E-state index in [0.717, 1.165) is 19.5 Å². The van der Waals surface area contributed by atoms with Gasteiger partial charge in [-0.05, 0) is 18.8 Å². The normalized spacial score (nSPS) is 25.4. The molecule has 1 heterocycles. The van der Waals surface area contributed by atoms with Gasteiger partial charge in [0, 0.05) is 20.0 Å². The summed E-state index contributed by atoms with van der Waals surface area (Å²) in [4.78, 5) is 12.7. The molecule has 0 N–H and O–H groups in total. The highest BCUT2D eigenvalue weighted by atomic mass is 16.2. The molecule has 0 bridgehead atoms. The average molecular weight is 140 g/mol. The highest BCUT2D eigenvalue weighted by molar-refractivity contribution is 5.73. The van der Waals surface area contributed by atoms with E-state index in [9.17, 15) is 4.79 Å². The smallest absolute Gasteiger partial charge is 0.219 e. The van der Waals surface area contributed by atoms with Crippen LogP contribution in [-0.2, 0) is 4.79 Å². The number of hydrogen-bond donors (Lipinski definition) is 0. The molecule has 2 nitrogen and oxygen atoms in total. The zero-order chi connectivity index (χ0) is 7.56. The third-order valence-electron chi connectivity index (χ3n) is 2.14. The van der Waals surface area contributed by atoms with Gasteiger partial charge in [-0.15, -0.1) is 0 Å². The summed E-state index contributed by atoms with van der Waals surface area (Å²) in [5.74, 6) is 0.855. The van der Waals surface area contributed by atoms with Crippen LogP contribution in [0.1, 0.15) is 20.3 Å². The van der Waals surface area contributed by atoms with Gasteiger partial charge in [0.05, 0.1) is 0 Å². The Kier molecular flexibility index (Phi) is 2.30. The number of likely N-dealkylation sites (tertiary alicyclic amines) is 1. The second kappa shape index (κ2) is 3.04. The Hall–Kier alpha value is -0.530.